The lowest BCUT2D eigenvalue weighted by Gasteiger charge is -2.32. The van der Waals surface area contributed by atoms with Gasteiger partial charge in [-0.15, -0.1) is 0 Å². The lowest BCUT2D eigenvalue weighted by molar-refractivity contribution is -0.131. The van der Waals surface area contributed by atoms with E-state index in [9.17, 15) is 14.0 Å². The summed E-state index contributed by atoms with van der Waals surface area (Å²) >= 11 is 5.90. The minimum absolute atomic E-state index is 0.0965. The molecule has 2 rings (SSSR count). The summed E-state index contributed by atoms with van der Waals surface area (Å²) in [6.45, 7) is 1.71. The van der Waals surface area contributed by atoms with Gasteiger partial charge in [0.25, 0.3) is 0 Å². The van der Waals surface area contributed by atoms with Gasteiger partial charge >= 0.3 is 0 Å². The second-order valence-corrected chi connectivity index (χ2v) is 4.46. The first kappa shape index (κ1) is 12.8. The first-order valence-electron chi connectivity index (χ1n) is 5.58. The first-order chi connectivity index (χ1) is 8.52. The fraction of sp³-hybridized carbons (Fsp3) is 0.333. The molecule has 0 aromatic heterocycles. The minimum Gasteiger partial charge on any atom is -0.343 e. The number of amides is 2. The summed E-state index contributed by atoms with van der Waals surface area (Å²) in [5.41, 5.74) is 0.358. The van der Waals surface area contributed by atoms with Crippen LogP contribution in [0.5, 0.6) is 0 Å². The van der Waals surface area contributed by atoms with Crippen LogP contribution in [-0.4, -0.2) is 24.4 Å². The average molecular weight is 271 g/mol. The summed E-state index contributed by atoms with van der Waals surface area (Å²) in [6.07, 6.45) is 0.500. The molecular formula is C12H12ClFN2O2. The van der Waals surface area contributed by atoms with Gasteiger partial charge in [0, 0.05) is 0 Å². The predicted molar refractivity (Wildman–Crippen MR) is 66.0 cm³/mol. The molecule has 1 saturated heterocycles. The fourth-order valence-electron chi connectivity index (χ4n) is 1.89. The Morgan fingerprint density at radius 3 is 2.83 bits per heavy atom. The van der Waals surface area contributed by atoms with E-state index in [4.69, 9.17) is 11.6 Å². The molecule has 4 nitrogen and oxygen atoms in total. The van der Waals surface area contributed by atoms with Crippen LogP contribution in [0.15, 0.2) is 18.2 Å². The molecule has 1 N–H and O–H groups in total. The Labute approximate surface area is 109 Å². The van der Waals surface area contributed by atoms with Crippen molar-refractivity contribution >= 4 is 29.1 Å². The average Bonchev–Trinajstić information content (AvgIpc) is 2.32. The molecular weight excluding hydrogens is 259 g/mol. The smallest absolute Gasteiger partial charge is 0.250 e. The molecule has 1 aliphatic rings. The van der Waals surface area contributed by atoms with Crippen LogP contribution < -0.4 is 10.2 Å². The molecule has 0 spiro atoms. The highest BCUT2D eigenvalue weighted by molar-refractivity contribution is 6.34. The number of anilines is 1. The van der Waals surface area contributed by atoms with Crippen molar-refractivity contribution in [2.45, 2.75) is 19.4 Å². The third-order valence-electron chi connectivity index (χ3n) is 2.81. The second kappa shape index (κ2) is 4.94. The number of nitrogens with zero attached hydrogens (tertiary/aromatic N) is 1. The number of rotatable bonds is 2. The second-order valence-electron chi connectivity index (χ2n) is 4.05. The lowest BCUT2D eigenvalue weighted by Crippen LogP contribution is -2.58. The van der Waals surface area contributed by atoms with Gasteiger partial charge in [-0.25, -0.2) is 4.39 Å². The maximum Gasteiger partial charge on any atom is 0.250 e. The highest BCUT2D eigenvalue weighted by Crippen LogP contribution is 2.28. The molecule has 1 aromatic rings. The molecule has 1 unspecified atom stereocenters. The van der Waals surface area contributed by atoms with E-state index in [0.717, 1.165) is 6.07 Å². The summed E-state index contributed by atoms with van der Waals surface area (Å²) in [7, 11) is 0. The van der Waals surface area contributed by atoms with Crippen molar-refractivity contribution in [2.75, 3.05) is 11.4 Å². The predicted octanol–water partition coefficient (Wildman–Crippen LogP) is 1.72. The zero-order chi connectivity index (χ0) is 13.3. The van der Waals surface area contributed by atoms with Gasteiger partial charge in [-0.05, 0) is 24.6 Å². The van der Waals surface area contributed by atoms with Crippen LogP contribution in [0.1, 0.15) is 13.3 Å². The van der Waals surface area contributed by atoms with Crippen LogP contribution in [0.3, 0.4) is 0 Å². The molecule has 1 fully saturated rings. The van der Waals surface area contributed by atoms with Crippen LogP contribution in [0.2, 0.25) is 5.02 Å². The van der Waals surface area contributed by atoms with Crippen LogP contribution in [-0.2, 0) is 9.59 Å². The van der Waals surface area contributed by atoms with Gasteiger partial charge < -0.3 is 5.32 Å². The van der Waals surface area contributed by atoms with Gasteiger partial charge in [0.15, 0.2) is 0 Å². The Morgan fingerprint density at radius 2 is 2.22 bits per heavy atom. The molecule has 2 amide bonds. The van der Waals surface area contributed by atoms with E-state index in [1.54, 1.807) is 6.92 Å². The molecule has 96 valence electrons. The number of carbonyl (C=O) groups is 2. The van der Waals surface area contributed by atoms with Crippen molar-refractivity contribution in [3.05, 3.63) is 29.0 Å². The van der Waals surface area contributed by atoms with Crippen molar-refractivity contribution in [3.63, 3.8) is 0 Å². The quantitative estimate of drug-likeness (QED) is 0.890. The topological polar surface area (TPSA) is 49.4 Å². The zero-order valence-electron chi connectivity index (χ0n) is 9.74. The van der Waals surface area contributed by atoms with Crippen molar-refractivity contribution < 1.29 is 14.0 Å². The maximum absolute atomic E-state index is 13.0. The number of hydrogen-bond donors (Lipinski definition) is 1. The minimum atomic E-state index is -0.549. The summed E-state index contributed by atoms with van der Waals surface area (Å²) in [5, 5.41) is 2.72. The lowest BCUT2D eigenvalue weighted by atomic mass is 10.1. The van der Waals surface area contributed by atoms with Gasteiger partial charge in [0.2, 0.25) is 11.8 Å². The molecule has 0 bridgehead atoms. The highest BCUT2D eigenvalue weighted by atomic mass is 35.5. The van der Waals surface area contributed by atoms with E-state index in [2.05, 4.69) is 5.32 Å². The Hall–Kier alpha value is -1.62. The Kier molecular flexibility index (Phi) is 3.52. The van der Waals surface area contributed by atoms with E-state index in [-0.39, 0.29) is 23.4 Å². The molecule has 0 saturated carbocycles. The Morgan fingerprint density at radius 1 is 1.50 bits per heavy atom. The van der Waals surface area contributed by atoms with Crippen LogP contribution in [0, 0.1) is 5.82 Å². The van der Waals surface area contributed by atoms with E-state index >= 15 is 0 Å². The van der Waals surface area contributed by atoms with E-state index in [0.29, 0.717) is 12.1 Å². The molecule has 6 heteroatoms. The van der Waals surface area contributed by atoms with Gasteiger partial charge in [0.1, 0.15) is 18.4 Å². The maximum atomic E-state index is 13.0. The van der Waals surface area contributed by atoms with Crippen LogP contribution in [0.4, 0.5) is 10.1 Å². The van der Waals surface area contributed by atoms with Crippen LogP contribution in [0.25, 0.3) is 0 Å². The van der Waals surface area contributed by atoms with E-state index in [1.807, 2.05) is 0 Å². The molecule has 0 aliphatic carbocycles. The number of hydrogen-bond acceptors (Lipinski definition) is 2. The van der Waals surface area contributed by atoms with Crippen molar-refractivity contribution in [1.29, 1.82) is 0 Å². The molecule has 0 radical (unpaired) electrons. The third-order valence-corrected chi connectivity index (χ3v) is 3.11. The van der Waals surface area contributed by atoms with Gasteiger partial charge in [-0.2, -0.15) is 0 Å². The Bertz CT molecular complexity index is 507. The summed E-state index contributed by atoms with van der Waals surface area (Å²) in [5.74, 6) is -0.961. The number of benzene rings is 1. The number of halogens is 2. The van der Waals surface area contributed by atoms with Crippen molar-refractivity contribution in [3.8, 4) is 0 Å². The number of piperazine rings is 1. The van der Waals surface area contributed by atoms with Gasteiger partial charge in [0.05, 0.1) is 10.7 Å². The molecule has 18 heavy (non-hydrogen) atoms. The Balaban J connectivity index is 2.36. The van der Waals surface area contributed by atoms with Gasteiger partial charge in [-0.3, -0.25) is 14.5 Å². The standard InChI is InChI=1S/C12H12ClFN2O2/c1-2-9-12(18)16(6-11(17)15-9)10-4-3-7(14)5-8(10)13/h3-5,9H,2,6H2,1H3,(H,15,17). The molecule has 1 heterocycles. The van der Waals surface area contributed by atoms with Gasteiger partial charge in [-0.1, -0.05) is 18.5 Å². The van der Waals surface area contributed by atoms with E-state index < -0.39 is 11.9 Å². The monoisotopic (exact) mass is 270 g/mol. The summed E-state index contributed by atoms with van der Waals surface area (Å²) < 4.78 is 13.0. The largest absolute Gasteiger partial charge is 0.343 e. The third kappa shape index (κ3) is 2.31. The van der Waals surface area contributed by atoms with E-state index in [1.165, 1.54) is 17.0 Å². The zero-order valence-corrected chi connectivity index (χ0v) is 10.5. The highest BCUT2D eigenvalue weighted by Gasteiger charge is 2.33. The summed E-state index contributed by atoms with van der Waals surface area (Å²) in [6, 6.07) is 3.19. The normalized spacial score (nSPS) is 19.9. The molecule has 1 aromatic carbocycles. The van der Waals surface area contributed by atoms with Crippen molar-refractivity contribution in [1.82, 2.24) is 5.32 Å². The molecule has 1 aliphatic heterocycles. The SMILES string of the molecule is CCC1NC(=O)CN(c2ccc(F)cc2Cl)C1=O. The molecule has 1 atom stereocenters. The summed E-state index contributed by atoms with van der Waals surface area (Å²) in [4.78, 5) is 24.9. The van der Waals surface area contributed by atoms with Crippen LogP contribution >= 0.6 is 11.6 Å². The number of carbonyl (C=O) groups excluding carboxylic acids is 2. The first-order valence-corrected chi connectivity index (χ1v) is 5.96. The fourth-order valence-corrected chi connectivity index (χ4v) is 2.16. The number of nitrogens with one attached hydrogen (secondary N) is 1. The van der Waals surface area contributed by atoms with Crippen molar-refractivity contribution in [2.24, 2.45) is 0 Å².